The van der Waals surface area contributed by atoms with Crippen molar-refractivity contribution >= 4 is 11.9 Å². The summed E-state index contributed by atoms with van der Waals surface area (Å²) in [5, 5.41) is 18.4. The first kappa shape index (κ1) is 13.5. The zero-order valence-corrected chi connectivity index (χ0v) is 10.8. The van der Waals surface area contributed by atoms with Crippen molar-refractivity contribution in [3.63, 3.8) is 0 Å². The summed E-state index contributed by atoms with van der Waals surface area (Å²) in [6.07, 6.45) is 0.288. The van der Waals surface area contributed by atoms with Crippen LogP contribution in [0.5, 0.6) is 0 Å². The Kier molecular flexibility index (Phi) is 3.57. The molecule has 0 radical (unpaired) electrons. The Labute approximate surface area is 111 Å². The Morgan fingerprint density at radius 1 is 1.32 bits per heavy atom. The second-order valence-electron chi connectivity index (χ2n) is 5.09. The summed E-state index contributed by atoms with van der Waals surface area (Å²) in [6, 6.07) is 7.16. The van der Waals surface area contributed by atoms with E-state index < -0.39 is 18.0 Å². The molecule has 1 amide bonds. The molecule has 1 aromatic carbocycles. The Bertz CT molecular complexity index is 497. The number of hydrogen-bond acceptors (Lipinski definition) is 3. The second kappa shape index (κ2) is 5.01. The van der Waals surface area contributed by atoms with Gasteiger partial charge in [0.2, 0.25) is 0 Å². The van der Waals surface area contributed by atoms with Crippen molar-refractivity contribution in [2.75, 3.05) is 19.7 Å². The normalized spacial score (nSPS) is 22.5. The van der Waals surface area contributed by atoms with Crippen LogP contribution in [0.15, 0.2) is 24.3 Å². The Morgan fingerprint density at radius 3 is 2.42 bits per heavy atom. The van der Waals surface area contributed by atoms with Gasteiger partial charge in [0, 0.05) is 18.7 Å². The maximum Gasteiger partial charge on any atom is 0.313 e. The summed E-state index contributed by atoms with van der Waals surface area (Å²) in [7, 11) is 0. The molecule has 0 spiro atoms. The number of aryl methyl sites for hydroxylation is 1. The van der Waals surface area contributed by atoms with Crippen molar-refractivity contribution in [2.45, 2.75) is 13.3 Å². The molecule has 1 saturated heterocycles. The first-order valence-electron chi connectivity index (χ1n) is 6.19. The number of rotatable bonds is 3. The number of likely N-dealkylation sites (tertiary alicyclic amines) is 1. The molecule has 1 atom stereocenters. The fourth-order valence-electron chi connectivity index (χ4n) is 2.30. The monoisotopic (exact) mass is 263 g/mol. The van der Waals surface area contributed by atoms with E-state index in [0.717, 1.165) is 5.56 Å². The van der Waals surface area contributed by atoms with Gasteiger partial charge in [0.1, 0.15) is 5.41 Å². The number of nitrogens with zero attached hydrogens (tertiary/aromatic N) is 1. The predicted octanol–water partition coefficient (Wildman–Crippen LogP) is 0.904. The second-order valence-corrected chi connectivity index (χ2v) is 5.09. The minimum absolute atomic E-state index is 0.0611. The molecule has 0 aromatic heterocycles. The zero-order valence-electron chi connectivity index (χ0n) is 10.8. The van der Waals surface area contributed by atoms with Crippen LogP contribution in [0, 0.1) is 12.3 Å². The molecular weight excluding hydrogens is 246 g/mol. The van der Waals surface area contributed by atoms with Gasteiger partial charge in [-0.2, -0.15) is 0 Å². The largest absolute Gasteiger partial charge is 0.481 e. The quantitative estimate of drug-likeness (QED) is 0.849. The van der Waals surface area contributed by atoms with Gasteiger partial charge in [-0.1, -0.05) is 17.7 Å². The van der Waals surface area contributed by atoms with E-state index in [4.69, 9.17) is 0 Å². The Morgan fingerprint density at radius 2 is 1.95 bits per heavy atom. The van der Waals surface area contributed by atoms with E-state index in [1.54, 1.807) is 12.1 Å². The number of benzene rings is 1. The number of aliphatic hydroxyl groups excluding tert-OH is 1. The van der Waals surface area contributed by atoms with Crippen LogP contribution in [-0.2, 0) is 4.79 Å². The van der Waals surface area contributed by atoms with Crippen molar-refractivity contribution in [1.29, 1.82) is 0 Å². The van der Waals surface area contributed by atoms with Gasteiger partial charge in [-0.25, -0.2) is 0 Å². The van der Waals surface area contributed by atoms with E-state index in [1.807, 2.05) is 19.1 Å². The fraction of sp³-hybridized carbons (Fsp3) is 0.429. The summed E-state index contributed by atoms with van der Waals surface area (Å²) < 4.78 is 0. The van der Waals surface area contributed by atoms with E-state index in [1.165, 1.54) is 4.90 Å². The van der Waals surface area contributed by atoms with Gasteiger partial charge in [0.25, 0.3) is 5.91 Å². The predicted molar refractivity (Wildman–Crippen MR) is 68.9 cm³/mol. The van der Waals surface area contributed by atoms with E-state index in [0.29, 0.717) is 12.1 Å². The molecule has 0 aliphatic carbocycles. The third-order valence-electron chi connectivity index (χ3n) is 3.70. The number of carbonyl (C=O) groups excluding carboxylic acids is 1. The molecule has 0 bridgehead atoms. The van der Waals surface area contributed by atoms with Crippen molar-refractivity contribution in [3.05, 3.63) is 35.4 Å². The molecule has 1 unspecified atom stereocenters. The highest BCUT2D eigenvalue weighted by atomic mass is 16.4. The summed E-state index contributed by atoms with van der Waals surface area (Å²) in [6.45, 7) is 1.91. The molecule has 1 fully saturated rings. The molecular formula is C14H17NO4. The van der Waals surface area contributed by atoms with E-state index in [-0.39, 0.29) is 18.9 Å². The van der Waals surface area contributed by atoms with Crippen LogP contribution in [0.4, 0.5) is 0 Å². The average molecular weight is 263 g/mol. The standard InChI is InChI=1S/C14H17NO4/c1-10-2-4-11(5-3-10)12(17)15-7-6-14(8-15,9-16)13(18)19/h2-5,16H,6-9H2,1H3,(H,18,19). The summed E-state index contributed by atoms with van der Waals surface area (Å²) >= 11 is 0. The van der Waals surface area contributed by atoms with Crippen LogP contribution in [0.1, 0.15) is 22.3 Å². The first-order valence-corrected chi connectivity index (χ1v) is 6.19. The minimum atomic E-state index is -1.21. The van der Waals surface area contributed by atoms with Gasteiger partial charge in [0.05, 0.1) is 6.61 Å². The fourth-order valence-corrected chi connectivity index (χ4v) is 2.30. The number of aliphatic carboxylic acids is 1. The highest BCUT2D eigenvalue weighted by Gasteiger charge is 2.45. The van der Waals surface area contributed by atoms with Crippen LogP contribution in [0.25, 0.3) is 0 Å². The molecule has 102 valence electrons. The number of aliphatic hydroxyl groups is 1. The van der Waals surface area contributed by atoms with E-state index in [2.05, 4.69) is 0 Å². The molecule has 1 aromatic rings. The molecule has 1 aliphatic heterocycles. The number of carboxylic acids is 1. The molecule has 2 rings (SSSR count). The maximum atomic E-state index is 12.2. The molecule has 19 heavy (non-hydrogen) atoms. The molecule has 1 heterocycles. The number of carbonyl (C=O) groups is 2. The highest BCUT2D eigenvalue weighted by Crippen LogP contribution is 2.31. The Hall–Kier alpha value is -1.88. The lowest BCUT2D eigenvalue weighted by Crippen LogP contribution is -2.39. The van der Waals surface area contributed by atoms with Gasteiger partial charge in [-0.05, 0) is 25.5 Å². The van der Waals surface area contributed by atoms with Gasteiger partial charge in [-0.15, -0.1) is 0 Å². The van der Waals surface area contributed by atoms with Crippen LogP contribution in [-0.4, -0.2) is 46.7 Å². The summed E-state index contributed by atoms with van der Waals surface area (Å²) in [5.74, 6) is -1.23. The highest BCUT2D eigenvalue weighted by molar-refractivity contribution is 5.95. The third kappa shape index (κ3) is 2.46. The summed E-state index contributed by atoms with van der Waals surface area (Å²) in [4.78, 5) is 24.9. The van der Waals surface area contributed by atoms with Crippen molar-refractivity contribution in [2.24, 2.45) is 5.41 Å². The number of amides is 1. The van der Waals surface area contributed by atoms with Gasteiger partial charge in [0.15, 0.2) is 0 Å². The van der Waals surface area contributed by atoms with Crippen molar-refractivity contribution in [1.82, 2.24) is 4.90 Å². The molecule has 5 nitrogen and oxygen atoms in total. The average Bonchev–Trinajstić information content (AvgIpc) is 2.84. The minimum Gasteiger partial charge on any atom is -0.481 e. The first-order chi connectivity index (χ1) is 8.98. The lowest BCUT2D eigenvalue weighted by Gasteiger charge is -2.22. The lowest BCUT2D eigenvalue weighted by atomic mass is 9.88. The zero-order chi connectivity index (χ0) is 14.0. The number of carboxylic acid groups (broad SMARTS) is 1. The van der Waals surface area contributed by atoms with Gasteiger partial charge in [-0.3, -0.25) is 9.59 Å². The van der Waals surface area contributed by atoms with Crippen molar-refractivity contribution in [3.8, 4) is 0 Å². The van der Waals surface area contributed by atoms with Crippen LogP contribution in [0.3, 0.4) is 0 Å². The lowest BCUT2D eigenvalue weighted by molar-refractivity contribution is -0.150. The molecule has 2 N–H and O–H groups in total. The SMILES string of the molecule is Cc1ccc(C(=O)N2CCC(CO)(C(=O)O)C2)cc1. The van der Waals surface area contributed by atoms with Crippen LogP contribution in [0.2, 0.25) is 0 Å². The smallest absolute Gasteiger partial charge is 0.313 e. The maximum absolute atomic E-state index is 12.2. The van der Waals surface area contributed by atoms with Crippen LogP contribution >= 0.6 is 0 Å². The molecule has 5 heteroatoms. The topological polar surface area (TPSA) is 77.8 Å². The number of hydrogen-bond donors (Lipinski definition) is 2. The van der Waals surface area contributed by atoms with Crippen LogP contribution < -0.4 is 0 Å². The van der Waals surface area contributed by atoms with Gasteiger partial charge < -0.3 is 15.1 Å². The molecule has 1 aliphatic rings. The van der Waals surface area contributed by atoms with Gasteiger partial charge >= 0.3 is 5.97 Å². The molecule has 0 saturated carbocycles. The third-order valence-corrected chi connectivity index (χ3v) is 3.70. The van der Waals surface area contributed by atoms with E-state index in [9.17, 15) is 19.8 Å². The Balaban J connectivity index is 2.14. The van der Waals surface area contributed by atoms with E-state index >= 15 is 0 Å². The summed E-state index contributed by atoms with van der Waals surface area (Å²) in [5.41, 5.74) is 0.401. The van der Waals surface area contributed by atoms with Crippen molar-refractivity contribution < 1.29 is 19.8 Å².